The van der Waals surface area contributed by atoms with Crippen LogP contribution in [-0.4, -0.2) is 13.2 Å². The van der Waals surface area contributed by atoms with Gasteiger partial charge in [-0.25, -0.2) is 0 Å². The van der Waals surface area contributed by atoms with Crippen molar-refractivity contribution in [2.75, 3.05) is 13.2 Å². The zero-order valence-corrected chi connectivity index (χ0v) is 15.3. The fraction of sp³-hybridized carbons (Fsp3) is 0.810. The molecule has 0 N–H and O–H groups in total. The summed E-state index contributed by atoms with van der Waals surface area (Å²) in [5, 5.41) is 0. The van der Waals surface area contributed by atoms with E-state index in [-0.39, 0.29) is 0 Å². The second-order valence-corrected chi connectivity index (χ2v) is 6.20. The summed E-state index contributed by atoms with van der Waals surface area (Å²) in [4.78, 5) is 0. The van der Waals surface area contributed by atoms with Gasteiger partial charge in [-0.15, -0.1) is 0 Å². The van der Waals surface area contributed by atoms with Gasteiger partial charge in [0.15, 0.2) is 0 Å². The zero-order chi connectivity index (χ0) is 16.1. The molecule has 0 aromatic heterocycles. The predicted octanol–water partition coefficient (Wildman–Crippen LogP) is 7.23. The molecule has 130 valence electrons. The molecule has 0 heterocycles. The minimum Gasteiger partial charge on any atom is -0.381 e. The number of hydrogen-bond acceptors (Lipinski definition) is 1. The molecule has 0 aromatic rings. The molecule has 0 radical (unpaired) electrons. The Bertz CT molecular complexity index is 242. The molecular formula is C21H40O. The third-order valence-electron chi connectivity index (χ3n) is 3.84. The molecule has 0 saturated heterocycles. The Morgan fingerprint density at radius 1 is 0.545 bits per heavy atom. The van der Waals surface area contributed by atoms with Crippen molar-refractivity contribution in [2.45, 2.75) is 97.3 Å². The Labute approximate surface area is 140 Å². The van der Waals surface area contributed by atoms with Crippen LogP contribution < -0.4 is 0 Å². The van der Waals surface area contributed by atoms with E-state index in [1.807, 2.05) is 0 Å². The first-order valence-electron chi connectivity index (χ1n) is 9.79. The SMILES string of the molecule is CCCCCC=CCC=CCCCCCCCCOCCC. The summed E-state index contributed by atoms with van der Waals surface area (Å²) in [7, 11) is 0. The van der Waals surface area contributed by atoms with Crippen LogP contribution in [0.1, 0.15) is 97.3 Å². The molecule has 0 aliphatic carbocycles. The van der Waals surface area contributed by atoms with E-state index in [1.165, 1.54) is 70.6 Å². The number of allylic oxidation sites excluding steroid dienone is 4. The third-order valence-corrected chi connectivity index (χ3v) is 3.84. The summed E-state index contributed by atoms with van der Waals surface area (Å²) < 4.78 is 5.49. The van der Waals surface area contributed by atoms with Gasteiger partial charge in [0.1, 0.15) is 0 Å². The van der Waals surface area contributed by atoms with Crippen LogP contribution in [0.2, 0.25) is 0 Å². The highest BCUT2D eigenvalue weighted by Crippen LogP contribution is 2.08. The molecular weight excluding hydrogens is 268 g/mol. The van der Waals surface area contributed by atoms with E-state index < -0.39 is 0 Å². The third kappa shape index (κ3) is 19.4. The van der Waals surface area contributed by atoms with Crippen LogP contribution in [0.25, 0.3) is 0 Å². The van der Waals surface area contributed by atoms with Crippen molar-refractivity contribution >= 4 is 0 Å². The van der Waals surface area contributed by atoms with E-state index in [4.69, 9.17) is 4.74 Å². The first-order chi connectivity index (χ1) is 10.9. The van der Waals surface area contributed by atoms with E-state index in [0.717, 1.165) is 26.1 Å². The lowest BCUT2D eigenvalue weighted by Crippen LogP contribution is -1.95. The van der Waals surface area contributed by atoms with Crippen molar-refractivity contribution < 1.29 is 4.74 Å². The quantitative estimate of drug-likeness (QED) is 0.203. The molecule has 1 heteroatoms. The standard InChI is InChI=1S/C21H40O/c1-3-5-6-7-8-9-10-11-12-13-14-15-16-17-18-19-21-22-20-4-2/h8-9,11-12H,3-7,10,13-21H2,1-2H3. The van der Waals surface area contributed by atoms with Crippen molar-refractivity contribution in [3.63, 3.8) is 0 Å². The van der Waals surface area contributed by atoms with Gasteiger partial charge in [0.2, 0.25) is 0 Å². The fourth-order valence-corrected chi connectivity index (χ4v) is 2.44. The van der Waals surface area contributed by atoms with Gasteiger partial charge in [-0.1, -0.05) is 76.7 Å². The van der Waals surface area contributed by atoms with Crippen molar-refractivity contribution in [1.29, 1.82) is 0 Å². The van der Waals surface area contributed by atoms with Crippen LogP contribution in [0.5, 0.6) is 0 Å². The van der Waals surface area contributed by atoms with Crippen LogP contribution in [0.4, 0.5) is 0 Å². The molecule has 0 amide bonds. The van der Waals surface area contributed by atoms with Gasteiger partial charge < -0.3 is 4.74 Å². The van der Waals surface area contributed by atoms with Gasteiger partial charge in [-0.05, 0) is 44.9 Å². The Hall–Kier alpha value is -0.560. The second-order valence-electron chi connectivity index (χ2n) is 6.20. The van der Waals surface area contributed by atoms with Crippen LogP contribution in [-0.2, 0) is 4.74 Å². The summed E-state index contributed by atoms with van der Waals surface area (Å²) >= 11 is 0. The lowest BCUT2D eigenvalue weighted by atomic mass is 10.1. The smallest absolute Gasteiger partial charge is 0.0466 e. The van der Waals surface area contributed by atoms with Crippen molar-refractivity contribution in [1.82, 2.24) is 0 Å². The Balaban J connectivity index is 3.11. The first kappa shape index (κ1) is 21.4. The lowest BCUT2D eigenvalue weighted by Gasteiger charge is -2.02. The van der Waals surface area contributed by atoms with Crippen molar-refractivity contribution in [3.8, 4) is 0 Å². The molecule has 0 unspecified atom stereocenters. The average molecular weight is 309 g/mol. The normalized spacial score (nSPS) is 11.9. The molecule has 0 aromatic carbocycles. The summed E-state index contributed by atoms with van der Waals surface area (Å²) in [6, 6.07) is 0. The van der Waals surface area contributed by atoms with E-state index in [9.17, 15) is 0 Å². The summed E-state index contributed by atoms with van der Waals surface area (Å²) in [5.41, 5.74) is 0. The number of ether oxygens (including phenoxy) is 1. The maximum absolute atomic E-state index is 5.49. The molecule has 0 spiro atoms. The van der Waals surface area contributed by atoms with Crippen molar-refractivity contribution in [3.05, 3.63) is 24.3 Å². The highest BCUT2D eigenvalue weighted by Gasteiger charge is 1.91. The van der Waals surface area contributed by atoms with E-state index >= 15 is 0 Å². The summed E-state index contributed by atoms with van der Waals surface area (Å²) in [6.45, 7) is 6.32. The maximum atomic E-state index is 5.49. The monoisotopic (exact) mass is 308 g/mol. The van der Waals surface area contributed by atoms with Crippen LogP contribution >= 0.6 is 0 Å². The second kappa shape index (κ2) is 20.4. The molecule has 0 rings (SSSR count). The lowest BCUT2D eigenvalue weighted by molar-refractivity contribution is 0.130. The minimum atomic E-state index is 0.931. The van der Waals surface area contributed by atoms with E-state index in [0.29, 0.717) is 0 Å². The molecule has 0 atom stereocenters. The molecule has 0 saturated carbocycles. The van der Waals surface area contributed by atoms with Crippen LogP contribution in [0.15, 0.2) is 24.3 Å². The Kier molecular flexibility index (Phi) is 19.9. The fourth-order valence-electron chi connectivity index (χ4n) is 2.44. The highest BCUT2D eigenvalue weighted by molar-refractivity contribution is 4.92. The molecule has 22 heavy (non-hydrogen) atoms. The van der Waals surface area contributed by atoms with Gasteiger partial charge in [0, 0.05) is 13.2 Å². The molecule has 0 aliphatic heterocycles. The van der Waals surface area contributed by atoms with Gasteiger partial charge >= 0.3 is 0 Å². The van der Waals surface area contributed by atoms with Gasteiger partial charge in [0.25, 0.3) is 0 Å². The van der Waals surface area contributed by atoms with Crippen LogP contribution in [0, 0.1) is 0 Å². The molecule has 0 fully saturated rings. The topological polar surface area (TPSA) is 9.23 Å². The maximum Gasteiger partial charge on any atom is 0.0466 e. The predicted molar refractivity (Wildman–Crippen MR) is 100 cm³/mol. The van der Waals surface area contributed by atoms with Crippen LogP contribution in [0.3, 0.4) is 0 Å². The summed E-state index contributed by atoms with van der Waals surface area (Å²) in [6.07, 6.45) is 26.2. The number of unbranched alkanes of at least 4 members (excludes halogenated alkanes) is 9. The zero-order valence-electron chi connectivity index (χ0n) is 15.3. The largest absolute Gasteiger partial charge is 0.381 e. The van der Waals surface area contributed by atoms with E-state index in [1.54, 1.807) is 0 Å². The van der Waals surface area contributed by atoms with E-state index in [2.05, 4.69) is 38.2 Å². The summed E-state index contributed by atoms with van der Waals surface area (Å²) in [5.74, 6) is 0. The Morgan fingerprint density at radius 3 is 1.77 bits per heavy atom. The average Bonchev–Trinajstić information content (AvgIpc) is 2.54. The van der Waals surface area contributed by atoms with Gasteiger partial charge in [-0.3, -0.25) is 0 Å². The minimum absolute atomic E-state index is 0.931. The van der Waals surface area contributed by atoms with Gasteiger partial charge in [-0.2, -0.15) is 0 Å². The number of hydrogen-bond donors (Lipinski definition) is 0. The van der Waals surface area contributed by atoms with Gasteiger partial charge in [0.05, 0.1) is 0 Å². The molecule has 0 bridgehead atoms. The highest BCUT2D eigenvalue weighted by atomic mass is 16.5. The number of rotatable bonds is 17. The van der Waals surface area contributed by atoms with Crippen molar-refractivity contribution in [2.24, 2.45) is 0 Å². The Morgan fingerprint density at radius 2 is 1.14 bits per heavy atom. The first-order valence-corrected chi connectivity index (χ1v) is 9.79. The molecule has 0 aliphatic rings. The molecule has 1 nitrogen and oxygen atoms in total.